The number of ether oxygens (including phenoxy) is 3. The number of nitrogens with zero attached hydrogens (tertiary/aromatic N) is 2. The molecule has 2 saturated heterocycles. The monoisotopic (exact) mass is 1200 g/mol. The fourth-order valence-electron chi connectivity index (χ4n) is 7.02. The first-order valence-corrected chi connectivity index (χ1v) is 28.6. The van der Waals surface area contributed by atoms with E-state index in [1.54, 1.807) is 0 Å². The highest BCUT2D eigenvalue weighted by Gasteiger charge is 2.51. The molecule has 0 amide bonds. The van der Waals surface area contributed by atoms with Crippen LogP contribution < -0.4 is 0 Å². The summed E-state index contributed by atoms with van der Waals surface area (Å²) >= 11 is 0. The number of piperidine rings is 1. The summed E-state index contributed by atoms with van der Waals surface area (Å²) in [5.41, 5.74) is 0.899. The Hall–Kier alpha value is -13.6. The molecule has 2 heterocycles. The van der Waals surface area contributed by atoms with Crippen molar-refractivity contribution in [2.75, 3.05) is 26.2 Å². The Kier molecular flexibility index (Phi) is 29.1. The van der Waals surface area contributed by atoms with E-state index in [9.17, 15) is 26.4 Å². The lowest BCUT2D eigenvalue weighted by atomic mass is 10.0. The molecule has 0 aliphatic carbocycles. The molecular formula is C77H36N2O9S2. The molecular weight excluding hydrogens is 1160 g/mol. The van der Waals surface area contributed by atoms with E-state index in [-0.39, 0.29) is 73.2 Å². The predicted octanol–water partition coefficient (Wildman–Crippen LogP) is 4.92. The highest BCUT2D eigenvalue weighted by atomic mass is 32.2. The van der Waals surface area contributed by atoms with Gasteiger partial charge in [0.1, 0.15) is 18.9 Å². The van der Waals surface area contributed by atoms with Gasteiger partial charge in [-0.2, -0.15) is 8.61 Å². The number of rotatable bonds is 10. The van der Waals surface area contributed by atoms with E-state index < -0.39 is 37.7 Å². The number of carbonyl (C=O) groups is 2. The Morgan fingerprint density at radius 2 is 0.644 bits per heavy atom. The van der Waals surface area contributed by atoms with Gasteiger partial charge in [-0.05, 0) is 154 Å². The second-order valence-electron chi connectivity index (χ2n) is 16.5. The van der Waals surface area contributed by atoms with Crippen molar-refractivity contribution in [2.45, 2.75) is 41.6 Å². The maximum absolute atomic E-state index is 13.8. The van der Waals surface area contributed by atoms with Crippen molar-refractivity contribution in [3.05, 3.63) is 131 Å². The molecule has 2 aliphatic rings. The van der Waals surface area contributed by atoms with Crippen molar-refractivity contribution in [1.29, 1.82) is 0 Å². The maximum atomic E-state index is 13.8. The molecule has 0 N–H and O–H groups in total. The Morgan fingerprint density at radius 3 is 0.922 bits per heavy atom. The van der Waals surface area contributed by atoms with Crippen LogP contribution in [0.1, 0.15) is 44.7 Å². The summed E-state index contributed by atoms with van der Waals surface area (Å²) in [6, 6.07) is 29.5. The summed E-state index contributed by atoms with van der Waals surface area (Å²) < 4.78 is 73.8. The van der Waals surface area contributed by atoms with E-state index in [2.05, 4.69) is 237 Å². The van der Waals surface area contributed by atoms with Gasteiger partial charge in [-0.1, -0.05) is 60.7 Å². The summed E-state index contributed by atoms with van der Waals surface area (Å²) in [6.07, 6.45) is 10.1. The molecule has 2 fully saturated rings. The fraction of sp³-hybridized carbons (Fsp3) is 0.117. The second kappa shape index (κ2) is 39.0. The van der Waals surface area contributed by atoms with E-state index in [0.29, 0.717) is 0 Å². The minimum atomic E-state index is -4.04. The summed E-state index contributed by atoms with van der Waals surface area (Å²) in [6.45, 7) is 0.521. The van der Waals surface area contributed by atoms with E-state index in [0.717, 1.165) is 11.1 Å². The molecule has 6 rings (SSSR count). The van der Waals surface area contributed by atoms with Crippen LogP contribution in [0.3, 0.4) is 0 Å². The standard InChI is InChI=1S/C42H2.C35H34N2O9S2/c1-3-5-7-9-11-13-15-17-19-21-23-25-27-29-31-33-35-37-39-41-42-40-38-36-34-32-30-28-26-24-22-20-18-16-14-12-10-8-6-4-2;38-33(44-25-27-7-3-1-4-8-27)29-11-15-31(16-12-29)47(40,41)36-21-19-35(20-22-36)37(23-24-46-35)48(42,43)32-17-13-30(14-18-32)34(39)45-26-28-9-5-2-6-10-28/h1-2H;1-18H,19-26H2. The molecule has 90 heavy (non-hydrogen) atoms. The molecule has 4 aromatic rings. The van der Waals surface area contributed by atoms with E-state index >= 15 is 0 Å². The van der Waals surface area contributed by atoms with Gasteiger partial charge in [-0.3, -0.25) is 0 Å². The molecule has 13 heteroatoms. The van der Waals surface area contributed by atoms with Gasteiger partial charge >= 0.3 is 11.9 Å². The number of hydrogen-bond donors (Lipinski definition) is 0. The lowest BCUT2D eigenvalue weighted by Gasteiger charge is -2.42. The second-order valence-corrected chi connectivity index (χ2v) is 20.3. The van der Waals surface area contributed by atoms with Gasteiger partial charge in [-0.25, -0.2) is 26.4 Å². The summed E-state index contributed by atoms with van der Waals surface area (Å²) in [5.74, 6) is 97.0. The van der Waals surface area contributed by atoms with Crippen molar-refractivity contribution in [3.8, 4) is 250 Å². The third-order valence-corrected chi connectivity index (χ3v) is 14.8. The Morgan fingerprint density at radius 1 is 0.378 bits per heavy atom. The SMILES string of the molecule is C#CC#CC#CC#CC#CC#CC#CC#CC#CC#CC#CC#CC#CC#CC#CC#CC#CC#CC#CC#CC#C.O=C(OCc1ccccc1)c1ccc(S(=O)(=O)N2CCC3(CC2)OCCN3S(=O)(=O)c2ccc(C(=O)OCc3ccccc3)cc2)cc1. The molecule has 1 spiro atoms. The third-order valence-electron chi connectivity index (χ3n) is 10.9. The van der Waals surface area contributed by atoms with Crippen molar-refractivity contribution >= 4 is 32.0 Å². The quantitative estimate of drug-likeness (QED) is 0.160. The van der Waals surface area contributed by atoms with Crippen LogP contribution in [0.4, 0.5) is 0 Å². The average molecular weight is 1200 g/mol. The lowest BCUT2D eigenvalue weighted by molar-refractivity contribution is -0.0806. The highest BCUT2D eigenvalue weighted by molar-refractivity contribution is 7.89. The molecule has 420 valence electrons. The molecule has 0 atom stereocenters. The van der Waals surface area contributed by atoms with Gasteiger partial charge in [0.2, 0.25) is 20.0 Å². The predicted molar refractivity (Wildman–Crippen MR) is 340 cm³/mol. The molecule has 0 unspecified atom stereocenters. The van der Waals surface area contributed by atoms with Gasteiger partial charge in [0.25, 0.3) is 0 Å². The summed E-state index contributed by atoms with van der Waals surface area (Å²) in [5, 5.41) is 0. The molecule has 0 bridgehead atoms. The molecule has 0 aromatic heterocycles. The number of terminal acetylenes is 2. The summed E-state index contributed by atoms with van der Waals surface area (Å²) in [7, 11) is -7.97. The van der Waals surface area contributed by atoms with Crippen LogP contribution in [-0.4, -0.2) is 69.4 Å². The maximum Gasteiger partial charge on any atom is 0.338 e. The normalized spacial score (nSPS) is 10.8. The van der Waals surface area contributed by atoms with Gasteiger partial charge < -0.3 is 14.2 Å². The molecule has 4 aromatic carbocycles. The van der Waals surface area contributed by atoms with Crippen molar-refractivity contribution < 1.29 is 40.6 Å². The van der Waals surface area contributed by atoms with Crippen LogP contribution in [0.15, 0.2) is 119 Å². The first-order valence-electron chi connectivity index (χ1n) is 25.7. The number of hydrogen-bond acceptors (Lipinski definition) is 9. The zero-order chi connectivity index (χ0) is 64.1. The highest BCUT2D eigenvalue weighted by Crippen LogP contribution is 2.39. The molecule has 0 radical (unpaired) electrons. The van der Waals surface area contributed by atoms with Gasteiger partial charge in [0.05, 0.1) is 27.5 Å². The Balaban J connectivity index is 0.000000332. The lowest BCUT2D eigenvalue weighted by Crippen LogP contribution is -2.55. The van der Waals surface area contributed by atoms with Crippen molar-refractivity contribution in [2.24, 2.45) is 0 Å². The van der Waals surface area contributed by atoms with Crippen LogP contribution in [0.5, 0.6) is 0 Å². The Labute approximate surface area is 527 Å². The van der Waals surface area contributed by atoms with Crippen LogP contribution in [-0.2, 0) is 47.5 Å². The Bertz CT molecular complexity index is 4910. The molecule has 2 aliphatic heterocycles. The van der Waals surface area contributed by atoms with E-state index in [4.69, 9.17) is 27.1 Å². The smallest absolute Gasteiger partial charge is 0.338 e. The first kappa shape index (κ1) is 67.2. The van der Waals surface area contributed by atoms with E-state index in [1.807, 2.05) is 60.7 Å². The van der Waals surface area contributed by atoms with Crippen LogP contribution in [0.25, 0.3) is 0 Å². The van der Waals surface area contributed by atoms with E-state index in [1.165, 1.54) is 57.1 Å². The van der Waals surface area contributed by atoms with Crippen LogP contribution >= 0.6 is 0 Å². The first-order chi connectivity index (χ1) is 44.0. The number of sulfonamides is 2. The largest absolute Gasteiger partial charge is 0.457 e. The third kappa shape index (κ3) is 24.3. The molecule has 11 nitrogen and oxygen atoms in total. The average Bonchev–Trinajstić information content (AvgIpc) is 1.47. The van der Waals surface area contributed by atoms with Crippen LogP contribution in [0.2, 0.25) is 0 Å². The minimum Gasteiger partial charge on any atom is -0.457 e. The minimum absolute atomic E-state index is 0.00980. The zero-order valence-electron chi connectivity index (χ0n) is 47.1. The van der Waals surface area contributed by atoms with Gasteiger partial charge in [0, 0.05) is 175 Å². The van der Waals surface area contributed by atoms with Crippen molar-refractivity contribution in [3.63, 3.8) is 0 Å². The number of benzene rings is 4. The topological polar surface area (TPSA) is 137 Å². The van der Waals surface area contributed by atoms with Gasteiger partial charge in [0.15, 0.2) is 0 Å². The summed E-state index contributed by atoms with van der Waals surface area (Å²) in [4.78, 5) is 25.0. The fourth-order valence-corrected chi connectivity index (χ4v) is 10.2. The van der Waals surface area contributed by atoms with Crippen LogP contribution in [0, 0.1) is 250 Å². The number of esters is 2. The molecule has 0 saturated carbocycles. The number of carbonyl (C=O) groups excluding carboxylic acids is 2. The van der Waals surface area contributed by atoms with Crippen molar-refractivity contribution in [1.82, 2.24) is 8.61 Å². The van der Waals surface area contributed by atoms with Gasteiger partial charge in [-0.15, -0.1) is 12.8 Å². The zero-order valence-corrected chi connectivity index (χ0v) is 48.7.